The summed E-state index contributed by atoms with van der Waals surface area (Å²) in [6, 6.07) is 0. The monoisotopic (exact) mass is 106 g/mol. The standard InChI is InChI=1S/C4H8O.H2O2/c1-2-3-4-5;1-2/h3-5H,2H2,1H3;1-2H. The number of aliphatic hydroxyl groups is 1. The molecule has 0 spiro atoms. The van der Waals surface area contributed by atoms with Crippen LogP contribution in [0.25, 0.3) is 0 Å². The van der Waals surface area contributed by atoms with Crippen LogP contribution in [0.1, 0.15) is 13.3 Å². The average molecular weight is 106 g/mol. The lowest BCUT2D eigenvalue weighted by atomic mass is 10.5. The first-order chi connectivity index (χ1) is 3.41. The Morgan fingerprint density at radius 1 is 1.43 bits per heavy atom. The van der Waals surface area contributed by atoms with E-state index in [-0.39, 0.29) is 0 Å². The van der Waals surface area contributed by atoms with Crippen LogP contribution >= 0.6 is 0 Å². The van der Waals surface area contributed by atoms with Gasteiger partial charge in [-0.2, -0.15) is 0 Å². The van der Waals surface area contributed by atoms with Gasteiger partial charge < -0.3 is 5.11 Å². The number of hydrogen-bond acceptors (Lipinski definition) is 3. The molecule has 0 amide bonds. The number of aliphatic hydroxyl groups excluding tert-OH is 1. The van der Waals surface area contributed by atoms with E-state index >= 15 is 0 Å². The first kappa shape index (κ1) is 9.68. The van der Waals surface area contributed by atoms with E-state index in [0.717, 1.165) is 12.7 Å². The van der Waals surface area contributed by atoms with E-state index in [1.807, 2.05) is 6.92 Å². The van der Waals surface area contributed by atoms with Crippen LogP contribution in [-0.4, -0.2) is 15.6 Å². The van der Waals surface area contributed by atoms with Crippen LogP contribution in [0.3, 0.4) is 0 Å². The van der Waals surface area contributed by atoms with Crippen molar-refractivity contribution in [3.8, 4) is 0 Å². The summed E-state index contributed by atoms with van der Waals surface area (Å²) in [6.45, 7) is 1.96. The predicted molar refractivity (Wildman–Crippen MR) is 27.3 cm³/mol. The van der Waals surface area contributed by atoms with Crippen molar-refractivity contribution in [3.05, 3.63) is 12.3 Å². The van der Waals surface area contributed by atoms with Crippen molar-refractivity contribution in [1.29, 1.82) is 0 Å². The van der Waals surface area contributed by atoms with Gasteiger partial charge in [-0.1, -0.05) is 13.0 Å². The minimum atomic E-state index is 0.913. The maximum atomic E-state index is 7.89. The highest BCUT2D eigenvalue weighted by Gasteiger charge is 1.53. The predicted octanol–water partition coefficient (Wildman–Crippen LogP) is 1.49. The number of hydrogen-bond donors (Lipinski definition) is 3. The minimum Gasteiger partial charge on any atom is -0.516 e. The van der Waals surface area contributed by atoms with Gasteiger partial charge in [0.1, 0.15) is 0 Å². The van der Waals surface area contributed by atoms with Gasteiger partial charge in [-0.15, -0.1) is 0 Å². The van der Waals surface area contributed by atoms with Crippen LogP contribution in [-0.2, 0) is 0 Å². The van der Waals surface area contributed by atoms with Crippen LogP contribution in [0.4, 0.5) is 0 Å². The molecule has 0 fully saturated rings. The molecule has 0 rings (SSSR count). The van der Waals surface area contributed by atoms with Gasteiger partial charge in [-0.05, 0) is 6.42 Å². The summed E-state index contributed by atoms with van der Waals surface area (Å²) in [7, 11) is 0. The molecule has 3 nitrogen and oxygen atoms in total. The molecule has 0 aliphatic heterocycles. The van der Waals surface area contributed by atoms with E-state index in [1.54, 1.807) is 6.08 Å². The Hall–Kier alpha value is -0.540. The summed E-state index contributed by atoms with van der Waals surface area (Å²) >= 11 is 0. The highest BCUT2D eigenvalue weighted by atomic mass is 17.0. The second kappa shape index (κ2) is 17.9. The van der Waals surface area contributed by atoms with Gasteiger partial charge in [0, 0.05) is 0 Å². The van der Waals surface area contributed by atoms with Crippen molar-refractivity contribution in [3.63, 3.8) is 0 Å². The normalized spacial score (nSPS) is 7.86. The van der Waals surface area contributed by atoms with E-state index in [9.17, 15) is 0 Å². The summed E-state index contributed by atoms with van der Waals surface area (Å²) < 4.78 is 0. The molecule has 0 atom stereocenters. The third kappa shape index (κ3) is 30.7. The Balaban J connectivity index is 0. The molecular formula is C4H10O3. The molecule has 0 unspecified atom stereocenters. The van der Waals surface area contributed by atoms with Crippen LogP contribution in [0.2, 0.25) is 0 Å². The van der Waals surface area contributed by atoms with Gasteiger partial charge >= 0.3 is 0 Å². The van der Waals surface area contributed by atoms with E-state index in [1.165, 1.54) is 0 Å². The van der Waals surface area contributed by atoms with Crippen molar-refractivity contribution in [1.82, 2.24) is 0 Å². The Morgan fingerprint density at radius 3 is 1.86 bits per heavy atom. The van der Waals surface area contributed by atoms with Crippen molar-refractivity contribution in [2.75, 3.05) is 0 Å². The Labute approximate surface area is 42.5 Å². The van der Waals surface area contributed by atoms with Crippen LogP contribution in [0.15, 0.2) is 12.3 Å². The number of allylic oxidation sites excluding steroid dienone is 1. The average Bonchev–Trinajstić information content (AvgIpc) is 1.75. The smallest absolute Gasteiger partial charge is 0.0751 e. The first-order valence-electron chi connectivity index (χ1n) is 1.91. The van der Waals surface area contributed by atoms with Crippen molar-refractivity contribution in [2.45, 2.75) is 13.3 Å². The molecule has 7 heavy (non-hydrogen) atoms. The summed E-state index contributed by atoms with van der Waals surface area (Å²) in [6.07, 6.45) is 3.65. The quantitative estimate of drug-likeness (QED) is 0.269. The number of rotatable bonds is 1. The SMILES string of the molecule is CCC=CO.OO. The highest BCUT2D eigenvalue weighted by Crippen LogP contribution is 1.71. The zero-order valence-corrected chi connectivity index (χ0v) is 4.20. The van der Waals surface area contributed by atoms with Gasteiger partial charge in [0.15, 0.2) is 0 Å². The second-order valence-corrected chi connectivity index (χ2v) is 0.793. The third-order valence-corrected chi connectivity index (χ3v) is 0.341. The summed E-state index contributed by atoms with van der Waals surface area (Å²) in [5.74, 6) is 0. The molecular weight excluding hydrogens is 96.0 g/mol. The maximum Gasteiger partial charge on any atom is 0.0751 e. The van der Waals surface area contributed by atoms with Gasteiger partial charge in [-0.3, -0.25) is 10.5 Å². The summed E-state index contributed by atoms with van der Waals surface area (Å²) in [5.41, 5.74) is 0. The molecule has 0 heterocycles. The third-order valence-electron chi connectivity index (χ3n) is 0.341. The van der Waals surface area contributed by atoms with E-state index in [0.29, 0.717) is 0 Å². The molecule has 0 aromatic heterocycles. The summed E-state index contributed by atoms with van der Waals surface area (Å²) in [5, 5.41) is 19.9. The van der Waals surface area contributed by atoms with Gasteiger partial charge in [0.05, 0.1) is 6.26 Å². The molecule has 0 bridgehead atoms. The maximum absolute atomic E-state index is 7.89. The van der Waals surface area contributed by atoms with Crippen molar-refractivity contribution >= 4 is 0 Å². The Bertz CT molecular complexity index is 33.9. The van der Waals surface area contributed by atoms with Crippen LogP contribution in [0, 0.1) is 0 Å². The lowest BCUT2D eigenvalue weighted by molar-refractivity contribution is -0.176. The van der Waals surface area contributed by atoms with Crippen LogP contribution < -0.4 is 0 Å². The fraction of sp³-hybridized carbons (Fsp3) is 0.500. The molecule has 0 aromatic carbocycles. The molecule has 0 aliphatic carbocycles. The van der Waals surface area contributed by atoms with E-state index < -0.39 is 0 Å². The fourth-order valence-electron chi connectivity index (χ4n) is 0.105. The largest absolute Gasteiger partial charge is 0.516 e. The van der Waals surface area contributed by atoms with Gasteiger partial charge in [0.2, 0.25) is 0 Å². The fourth-order valence-corrected chi connectivity index (χ4v) is 0.105. The van der Waals surface area contributed by atoms with Crippen molar-refractivity contribution in [2.24, 2.45) is 0 Å². The van der Waals surface area contributed by atoms with E-state index in [4.69, 9.17) is 15.6 Å². The molecule has 0 saturated heterocycles. The molecule has 0 saturated carbocycles. The molecule has 0 aromatic rings. The Kier molecular flexibility index (Phi) is 24.8. The molecule has 0 aliphatic rings. The molecule has 3 N–H and O–H groups in total. The van der Waals surface area contributed by atoms with E-state index in [2.05, 4.69) is 0 Å². The molecule has 44 valence electrons. The van der Waals surface area contributed by atoms with Gasteiger partial charge in [0.25, 0.3) is 0 Å². The topological polar surface area (TPSA) is 60.7 Å². The molecule has 3 heteroatoms. The van der Waals surface area contributed by atoms with Crippen LogP contribution in [0.5, 0.6) is 0 Å². The lowest BCUT2D eigenvalue weighted by Gasteiger charge is -1.65. The zero-order chi connectivity index (χ0) is 6.12. The molecule has 0 radical (unpaired) electrons. The summed E-state index contributed by atoms with van der Waals surface area (Å²) in [4.78, 5) is 0. The Morgan fingerprint density at radius 2 is 1.86 bits per heavy atom. The zero-order valence-electron chi connectivity index (χ0n) is 4.20. The highest BCUT2D eigenvalue weighted by molar-refractivity contribution is 4.66. The lowest BCUT2D eigenvalue weighted by Crippen LogP contribution is -1.48. The minimum absolute atomic E-state index is 0.913. The first-order valence-corrected chi connectivity index (χ1v) is 1.91. The van der Waals surface area contributed by atoms with Crippen molar-refractivity contribution < 1.29 is 15.6 Å². The van der Waals surface area contributed by atoms with Gasteiger partial charge in [-0.25, -0.2) is 0 Å². The second-order valence-electron chi connectivity index (χ2n) is 0.793.